The molecule has 3 aromatic carbocycles. The third-order valence-electron chi connectivity index (χ3n) is 8.45. The summed E-state index contributed by atoms with van der Waals surface area (Å²) in [6.07, 6.45) is 5.50. The molecule has 2 fully saturated rings. The number of carbonyl (C=O) groups excluding carboxylic acids is 1. The normalized spacial score (nSPS) is 29.6. The predicted molar refractivity (Wildman–Crippen MR) is 138 cm³/mol. The van der Waals surface area contributed by atoms with E-state index >= 15 is 0 Å². The number of amides is 1. The van der Waals surface area contributed by atoms with E-state index in [0.29, 0.717) is 18.4 Å². The Labute approximate surface area is 202 Å². The quantitative estimate of drug-likeness (QED) is 0.536. The molecular weight excluding hydrogens is 418 g/mol. The molecule has 1 N–H and O–H groups in total. The summed E-state index contributed by atoms with van der Waals surface area (Å²) in [5.41, 5.74) is 1.82. The molecule has 3 aromatic rings. The summed E-state index contributed by atoms with van der Waals surface area (Å²) in [6.45, 7) is 4.64. The molecule has 4 bridgehead atoms. The fraction of sp³-hybridized carbons (Fsp3) is 0.400. The maximum atomic E-state index is 13.9. The molecule has 174 valence electrons. The first kappa shape index (κ1) is 21.5. The highest BCUT2D eigenvalue weighted by Gasteiger charge is 2.66. The average Bonchev–Trinajstić information content (AvgIpc) is 3.14. The first-order valence-electron chi connectivity index (χ1n) is 12.8. The Morgan fingerprint density at radius 3 is 2.71 bits per heavy atom. The van der Waals surface area contributed by atoms with Gasteiger partial charge in [-0.2, -0.15) is 0 Å². The van der Waals surface area contributed by atoms with Crippen LogP contribution in [0.3, 0.4) is 0 Å². The van der Waals surface area contributed by atoms with Crippen LogP contribution < -0.4 is 5.32 Å². The van der Waals surface area contributed by atoms with Crippen molar-refractivity contribution in [3.63, 3.8) is 0 Å². The van der Waals surface area contributed by atoms with E-state index in [2.05, 4.69) is 78.0 Å². The minimum Gasteiger partial charge on any atom is -0.350 e. The standard InChI is InChI=1S/C30H33N3O/c1-2-9-27-24-16-25-20-33(19-23-14-8-13-22-12-6-7-15-26(22)23)28(27)30(25,32-18-24)29(34)31-17-21-10-4-3-5-11-21/h3-8,10-15,18,24-25,27-28H,2,9,16-17,19-20H2,1H3,(H,31,34)/t24-,25-,27+,28-,30-/m0/s1. The van der Waals surface area contributed by atoms with E-state index in [0.717, 1.165) is 37.9 Å². The van der Waals surface area contributed by atoms with Gasteiger partial charge in [0.15, 0.2) is 5.54 Å². The van der Waals surface area contributed by atoms with Crippen molar-refractivity contribution in [2.24, 2.45) is 22.7 Å². The zero-order valence-corrected chi connectivity index (χ0v) is 19.9. The number of rotatable bonds is 7. The summed E-state index contributed by atoms with van der Waals surface area (Å²) < 4.78 is 0. The van der Waals surface area contributed by atoms with Crippen LogP contribution in [0, 0.1) is 17.8 Å². The molecular formula is C30H33N3O. The second-order valence-electron chi connectivity index (χ2n) is 10.3. The maximum absolute atomic E-state index is 13.9. The van der Waals surface area contributed by atoms with Crippen molar-refractivity contribution in [3.05, 3.63) is 83.9 Å². The van der Waals surface area contributed by atoms with Crippen LogP contribution in [0.15, 0.2) is 77.8 Å². The van der Waals surface area contributed by atoms with E-state index in [1.165, 1.54) is 16.3 Å². The van der Waals surface area contributed by atoms with Crippen LogP contribution in [-0.2, 0) is 17.9 Å². The molecule has 0 aromatic heterocycles. The van der Waals surface area contributed by atoms with Gasteiger partial charge in [-0.25, -0.2) is 0 Å². The molecule has 1 aliphatic carbocycles. The van der Waals surface area contributed by atoms with Gasteiger partial charge in [0.05, 0.1) is 0 Å². The second kappa shape index (κ2) is 8.66. The van der Waals surface area contributed by atoms with E-state index in [1.807, 2.05) is 18.2 Å². The highest BCUT2D eigenvalue weighted by atomic mass is 16.2. The van der Waals surface area contributed by atoms with E-state index in [9.17, 15) is 4.79 Å². The second-order valence-corrected chi connectivity index (χ2v) is 10.3. The number of aliphatic imine (C=N–C) groups is 1. The number of hydrogen-bond donors (Lipinski definition) is 1. The Balaban J connectivity index is 1.33. The summed E-state index contributed by atoms with van der Waals surface area (Å²) >= 11 is 0. The van der Waals surface area contributed by atoms with Crippen molar-refractivity contribution in [2.45, 2.75) is 50.9 Å². The molecule has 1 saturated carbocycles. The van der Waals surface area contributed by atoms with E-state index in [-0.39, 0.29) is 17.9 Å². The van der Waals surface area contributed by atoms with Gasteiger partial charge < -0.3 is 5.32 Å². The Morgan fingerprint density at radius 1 is 1.06 bits per heavy atom. The van der Waals surface area contributed by atoms with Gasteiger partial charge in [0.2, 0.25) is 5.91 Å². The van der Waals surface area contributed by atoms with Crippen molar-refractivity contribution >= 4 is 22.9 Å². The molecule has 3 aliphatic heterocycles. The highest BCUT2D eigenvalue weighted by Crippen LogP contribution is 2.55. The summed E-state index contributed by atoms with van der Waals surface area (Å²) in [6, 6.07) is 25.6. The lowest BCUT2D eigenvalue weighted by atomic mass is 9.60. The van der Waals surface area contributed by atoms with Gasteiger partial charge >= 0.3 is 0 Å². The fourth-order valence-corrected chi connectivity index (χ4v) is 7.03. The number of likely N-dealkylation sites (tertiary alicyclic amines) is 1. The number of carbonyl (C=O) groups is 1. The van der Waals surface area contributed by atoms with Gasteiger partial charge in [-0.1, -0.05) is 86.1 Å². The Hall–Kier alpha value is -2.98. The van der Waals surface area contributed by atoms with Crippen molar-refractivity contribution < 1.29 is 4.79 Å². The highest BCUT2D eigenvalue weighted by molar-refractivity contribution is 5.92. The minimum atomic E-state index is -0.659. The maximum Gasteiger partial charge on any atom is 0.250 e. The average molecular weight is 452 g/mol. The Kier molecular flexibility index (Phi) is 5.49. The molecule has 7 rings (SSSR count). The zero-order chi connectivity index (χ0) is 23.1. The molecule has 5 atom stereocenters. The minimum absolute atomic E-state index is 0.113. The summed E-state index contributed by atoms with van der Waals surface area (Å²) in [4.78, 5) is 21.6. The number of benzene rings is 3. The number of hydrogen-bond acceptors (Lipinski definition) is 3. The molecule has 0 radical (unpaired) electrons. The van der Waals surface area contributed by atoms with Gasteiger partial charge in [0.25, 0.3) is 0 Å². The molecule has 0 unspecified atom stereocenters. The van der Waals surface area contributed by atoms with Crippen LogP contribution in [0.2, 0.25) is 0 Å². The van der Waals surface area contributed by atoms with Gasteiger partial charge in [0, 0.05) is 37.8 Å². The third kappa shape index (κ3) is 3.39. The van der Waals surface area contributed by atoms with Crippen LogP contribution in [0.4, 0.5) is 0 Å². The van der Waals surface area contributed by atoms with Gasteiger partial charge in [-0.05, 0) is 46.6 Å². The van der Waals surface area contributed by atoms with Crippen LogP contribution in [0.5, 0.6) is 0 Å². The molecule has 4 heteroatoms. The van der Waals surface area contributed by atoms with Crippen LogP contribution in [-0.4, -0.2) is 35.1 Å². The summed E-state index contributed by atoms with van der Waals surface area (Å²) in [7, 11) is 0. The van der Waals surface area contributed by atoms with Crippen LogP contribution in [0.1, 0.15) is 37.3 Å². The molecule has 34 heavy (non-hydrogen) atoms. The lowest BCUT2D eigenvalue weighted by Gasteiger charge is -2.51. The first-order valence-corrected chi connectivity index (χ1v) is 12.8. The SMILES string of the molecule is CCC[C@@H]1[C@@H]2C=N[C@@]3(C(=O)NCc4ccccc4)[C@@H](C2)CN(Cc2cccc4ccccc24)[C@@H]13. The van der Waals surface area contributed by atoms with Crippen molar-refractivity contribution in [2.75, 3.05) is 6.54 Å². The molecule has 4 aliphatic rings. The summed E-state index contributed by atoms with van der Waals surface area (Å²) in [5, 5.41) is 5.88. The van der Waals surface area contributed by atoms with Gasteiger partial charge in [-0.3, -0.25) is 14.7 Å². The molecule has 4 nitrogen and oxygen atoms in total. The van der Waals surface area contributed by atoms with E-state index in [4.69, 9.17) is 4.99 Å². The van der Waals surface area contributed by atoms with Crippen molar-refractivity contribution in [1.82, 2.24) is 10.2 Å². The van der Waals surface area contributed by atoms with E-state index in [1.54, 1.807) is 0 Å². The largest absolute Gasteiger partial charge is 0.350 e. The molecule has 3 heterocycles. The van der Waals surface area contributed by atoms with Crippen LogP contribution >= 0.6 is 0 Å². The Morgan fingerprint density at radius 2 is 1.85 bits per heavy atom. The van der Waals surface area contributed by atoms with E-state index < -0.39 is 5.54 Å². The first-order chi connectivity index (χ1) is 16.7. The Bertz CT molecular complexity index is 1220. The fourth-order valence-electron chi connectivity index (χ4n) is 7.03. The predicted octanol–water partition coefficient (Wildman–Crippen LogP) is 5.22. The smallest absolute Gasteiger partial charge is 0.250 e. The lowest BCUT2D eigenvalue weighted by molar-refractivity contribution is -0.132. The summed E-state index contributed by atoms with van der Waals surface area (Å²) in [5.74, 6) is 1.38. The monoisotopic (exact) mass is 451 g/mol. The molecule has 0 spiro atoms. The van der Waals surface area contributed by atoms with Gasteiger partial charge in [0.1, 0.15) is 0 Å². The lowest BCUT2D eigenvalue weighted by Crippen LogP contribution is -2.65. The van der Waals surface area contributed by atoms with Crippen LogP contribution in [0.25, 0.3) is 10.8 Å². The van der Waals surface area contributed by atoms with Crippen molar-refractivity contribution in [3.8, 4) is 0 Å². The molecule has 1 saturated heterocycles. The molecule has 1 amide bonds. The topological polar surface area (TPSA) is 44.7 Å². The number of nitrogens with one attached hydrogen (secondary N) is 1. The van der Waals surface area contributed by atoms with Crippen molar-refractivity contribution in [1.29, 1.82) is 0 Å². The van der Waals surface area contributed by atoms with Gasteiger partial charge in [-0.15, -0.1) is 0 Å². The third-order valence-corrected chi connectivity index (χ3v) is 8.45. The number of fused-ring (bicyclic) bond motifs is 1. The number of nitrogens with zero attached hydrogens (tertiary/aromatic N) is 2. The zero-order valence-electron chi connectivity index (χ0n) is 19.9.